The standard InChI is InChI=1S/C8H8Cl2N2.C2HF3O2/c9-7-1-8(10)12-4-6(7)5-2-11-3-5;3-2(4,5)1(6)7/h1,4-5,11H,2-3H2;(H,6,7). The molecule has 106 valence electrons. The predicted molar refractivity (Wildman–Crippen MR) is 63.6 cm³/mol. The smallest absolute Gasteiger partial charge is 0.475 e. The summed E-state index contributed by atoms with van der Waals surface area (Å²) in [5, 5.41) is 11.5. The van der Waals surface area contributed by atoms with Crippen LogP contribution in [0.1, 0.15) is 11.5 Å². The van der Waals surface area contributed by atoms with Crippen molar-refractivity contribution in [2.75, 3.05) is 13.1 Å². The van der Waals surface area contributed by atoms with Gasteiger partial charge >= 0.3 is 12.1 Å². The molecule has 2 N–H and O–H groups in total. The second kappa shape index (κ2) is 6.40. The van der Waals surface area contributed by atoms with Crippen molar-refractivity contribution in [1.82, 2.24) is 10.3 Å². The van der Waals surface area contributed by atoms with Gasteiger partial charge in [-0.3, -0.25) is 0 Å². The molecule has 0 atom stereocenters. The molecular formula is C10H9Cl2F3N2O2. The lowest BCUT2D eigenvalue weighted by Crippen LogP contribution is -2.40. The lowest BCUT2D eigenvalue weighted by atomic mass is 9.95. The van der Waals surface area contributed by atoms with Crippen LogP contribution in [0.15, 0.2) is 12.3 Å². The van der Waals surface area contributed by atoms with Gasteiger partial charge in [0.25, 0.3) is 0 Å². The number of alkyl halides is 3. The summed E-state index contributed by atoms with van der Waals surface area (Å²) >= 11 is 11.7. The fraction of sp³-hybridized carbons (Fsp3) is 0.400. The van der Waals surface area contributed by atoms with Gasteiger partial charge in [-0.1, -0.05) is 23.2 Å². The van der Waals surface area contributed by atoms with Crippen LogP contribution in [0.2, 0.25) is 10.2 Å². The van der Waals surface area contributed by atoms with E-state index in [9.17, 15) is 13.2 Å². The first-order chi connectivity index (χ1) is 8.71. The Morgan fingerprint density at radius 3 is 2.26 bits per heavy atom. The molecule has 1 saturated heterocycles. The molecule has 0 amide bonds. The first-order valence-electron chi connectivity index (χ1n) is 5.03. The highest BCUT2D eigenvalue weighted by atomic mass is 35.5. The van der Waals surface area contributed by atoms with E-state index in [0.717, 1.165) is 23.7 Å². The molecule has 0 unspecified atom stereocenters. The summed E-state index contributed by atoms with van der Waals surface area (Å²) in [4.78, 5) is 12.9. The third-order valence-corrected chi connectivity index (χ3v) is 2.85. The van der Waals surface area contributed by atoms with Crippen LogP contribution >= 0.6 is 23.2 Å². The molecule has 2 heterocycles. The topological polar surface area (TPSA) is 62.2 Å². The number of hydrogen-bond donors (Lipinski definition) is 2. The highest BCUT2D eigenvalue weighted by Gasteiger charge is 2.38. The zero-order valence-electron chi connectivity index (χ0n) is 9.34. The summed E-state index contributed by atoms with van der Waals surface area (Å²) in [6.45, 7) is 1.98. The van der Waals surface area contributed by atoms with Crippen molar-refractivity contribution >= 4 is 29.2 Å². The summed E-state index contributed by atoms with van der Waals surface area (Å²) in [6, 6.07) is 1.69. The molecule has 0 spiro atoms. The van der Waals surface area contributed by atoms with E-state index in [1.807, 2.05) is 0 Å². The molecule has 9 heteroatoms. The van der Waals surface area contributed by atoms with Crippen LogP contribution in [0.25, 0.3) is 0 Å². The number of halogens is 5. The highest BCUT2D eigenvalue weighted by molar-refractivity contribution is 6.34. The average Bonchev–Trinajstić information content (AvgIpc) is 2.19. The molecule has 1 aliphatic rings. The maximum atomic E-state index is 10.6. The molecule has 0 saturated carbocycles. The Kier molecular flexibility index (Phi) is 5.39. The van der Waals surface area contributed by atoms with Crippen LogP contribution in [0, 0.1) is 0 Å². The van der Waals surface area contributed by atoms with Crippen LogP contribution in [0.4, 0.5) is 13.2 Å². The Bertz CT molecular complexity index is 465. The summed E-state index contributed by atoms with van der Waals surface area (Å²) < 4.78 is 31.7. The van der Waals surface area contributed by atoms with Crippen molar-refractivity contribution in [3.05, 3.63) is 28.0 Å². The summed E-state index contributed by atoms with van der Waals surface area (Å²) in [7, 11) is 0. The summed E-state index contributed by atoms with van der Waals surface area (Å²) in [6.07, 6.45) is -3.32. The Labute approximate surface area is 116 Å². The van der Waals surface area contributed by atoms with Gasteiger partial charge < -0.3 is 10.4 Å². The zero-order chi connectivity index (χ0) is 14.6. The number of pyridine rings is 1. The molecule has 19 heavy (non-hydrogen) atoms. The fourth-order valence-electron chi connectivity index (χ4n) is 1.23. The van der Waals surface area contributed by atoms with Crippen molar-refractivity contribution < 1.29 is 23.1 Å². The zero-order valence-corrected chi connectivity index (χ0v) is 10.9. The number of aromatic nitrogens is 1. The number of hydrogen-bond acceptors (Lipinski definition) is 3. The number of carboxylic acid groups (broad SMARTS) is 1. The largest absolute Gasteiger partial charge is 0.490 e. The van der Waals surface area contributed by atoms with Crippen molar-refractivity contribution in [3.63, 3.8) is 0 Å². The van der Waals surface area contributed by atoms with Crippen LogP contribution in [-0.4, -0.2) is 35.3 Å². The van der Waals surface area contributed by atoms with Crippen molar-refractivity contribution in [2.24, 2.45) is 0 Å². The third-order valence-electron chi connectivity index (χ3n) is 2.31. The minimum atomic E-state index is -5.08. The lowest BCUT2D eigenvalue weighted by molar-refractivity contribution is -0.192. The van der Waals surface area contributed by atoms with E-state index in [4.69, 9.17) is 33.1 Å². The van der Waals surface area contributed by atoms with E-state index in [2.05, 4.69) is 10.3 Å². The SMILES string of the molecule is Clc1cc(Cl)c(C2CNC2)cn1.O=C(O)C(F)(F)F. The van der Waals surface area contributed by atoms with Gasteiger partial charge in [0.1, 0.15) is 5.15 Å². The molecule has 0 radical (unpaired) electrons. The van der Waals surface area contributed by atoms with Crippen molar-refractivity contribution in [2.45, 2.75) is 12.1 Å². The van der Waals surface area contributed by atoms with E-state index < -0.39 is 12.1 Å². The monoisotopic (exact) mass is 316 g/mol. The van der Waals surface area contributed by atoms with Crippen LogP contribution < -0.4 is 5.32 Å². The quantitative estimate of drug-likeness (QED) is 0.782. The molecule has 1 aliphatic heterocycles. The van der Waals surface area contributed by atoms with Crippen molar-refractivity contribution in [1.29, 1.82) is 0 Å². The molecule has 1 aromatic heterocycles. The molecular weight excluding hydrogens is 308 g/mol. The molecule has 0 bridgehead atoms. The van der Waals surface area contributed by atoms with Gasteiger partial charge in [-0.15, -0.1) is 0 Å². The van der Waals surface area contributed by atoms with Gasteiger partial charge in [-0.25, -0.2) is 9.78 Å². The van der Waals surface area contributed by atoms with Gasteiger partial charge in [-0.05, 0) is 11.6 Å². The van der Waals surface area contributed by atoms with Crippen LogP contribution in [0.3, 0.4) is 0 Å². The maximum Gasteiger partial charge on any atom is 0.490 e. The number of carboxylic acids is 1. The molecule has 0 aliphatic carbocycles. The minimum Gasteiger partial charge on any atom is -0.475 e. The highest BCUT2D eigenvalue weighted by Crippen LogP contribution is 2.27. The fourth-order valence-corrected chi connectivity index (χ4v) is 1.75. The summed E-state index contributed by atoms with van der Waals surface area (Å²) in [5.41, 5.74) is 1.10. The van der Waals surface area contributed by atoms with Crippen molar-refractivity contribution in [3.8, 4) is 0 Å². The molecule has 2 rings (SSSR count). The Morgan fingerprint density at radius 1 is 1.42 bits per heavy atom. The number of nitrogens with zero attached hydrogens (tertiary/aromatic N) is 1. The molecule has 1 aromatic rings. The number of nitrogens with one attached hydrogen (secondary N) is 1. The number of aliphatic carboxylic acids is 1. The lowest BCUT2D eigenvalue weighted by Gasteiger charge is -2.27. The third kappa shape index (κ3) is 4.85. The van der Waals surface area contributed by atoms with Gasteiger partial charge in [-0.2, -0.15) is 13.2 Å². The first-order valence-corrected chi connectivity index (χ1v) is 5.79. The molecule has 0 aromatic carbocycles. The molecule has 4 nitrogen and oxygen atoms in total. The second-order valence-corrected chi connectivity index (χ2v) is 4.48. The maximum absolute atomic E-state index is 10.6. The number of rotatable bonds is 1. The van der Waals surface area contributed by atoms with E-state index >= 15 is 0 Å². The summed E-state index contributed by atoms with van der Waals surface area (Å²) in [5.74, 6) is -2.24. The van der Waals surface area contributed by atoms with E-state index in [1.54, 1.807) is 12.3 Å². The van der Waals surface area contributed by atoms with Gasteiger partial charge in [0.05, 0.1) is 0 Å². The first kappa shape index (κ1) is 16.0. The predicted octanol–water partition coefficient (Wildman–Crippen LogP) is 2.71. The number of carbonyl (C=O) groups is 1. The average molecular weight is 317 g/mol. The van der Waals surface area contributed by atoms with E-state index in [-0.39, 0.29) is 0 Å². The Morgan fingerprint density at radius 2 is 1.95 bits per heavy atom. The van der Waals surface area contributed by atoms with E-state index in [0.29, 0.717) is 11.1 Å². The second-order valence-electron chi connectivity index (χ2n) is 3.69. The minimum absolute atomic E-state index is 0.455. The Balaban J connectivity index is 0.000000224. The molecule has 1 fully saturated rings. The van der Waals surface area contributed by atoms with Gasteiger partial charge in [0, 0.05) is 30.2 Å². The van der Waals surface area contributed by atoms with Crippen LogP contribution in [0.5, 0.6) is 0 Å². The van der Waals surface area contributed by atoms with E-state index in [1.165, 1.54) is 0 Å². The van der Waals surface area contributed by atoms with Gasteiger partial charge in [0.2, 0.25) is 0 Å². The van der Waals surface area contributed by atoms with Gasteiger partial charge in [0.15, 0.2) is 0 Å². The normalized spacial score (nSPS) is 15.2. The Hall–Kier alpha value is -1.05. The van der Waals surface area contributed by atoms with Crippen LogP contribution in [-0.2, 0) is 4.79 Å².